The Labute approximate surface area is 188 Å². The molecule has 31 heavy (non-hydrogen) atoms. The molecule has 0 radical (unpaired) electrons. The van der Waals surface area contributed by atoms with Gasteiger partial charge in [-0.3, -0.25) is 4.79 Å². The van der Waals surface area contributed by atoms with Crippen molar-refractivity contribution in [3.05, 3.63) is 94.5 Å². The second-order valence-corrected chi connectivity index (χ2v) is 9.42. The van der Waals surface area contributed by atoms with Crippen LogP contribution in [0, 0.1) is 6.92 Å². The van der Waals surface area contributed by atoms with Crippen LogP contribution in [0.5, 0.6) is 0 Å². The SMILES string of the molecule is CCc1cccc(C)c1NC(=O)C(Cc1ccccc1)NS(=O)(=O)c1ccc(Cl)cc1. The summed E-state index contributed by atoms with van der Waals surface area (Å²) < 4.78 is 28.5. The molecule has 0 aliphatic heterocycles. The van der Waals surface area contributed by atoms with Gasteiger partial charge in [-0.05, 0) is 60.7 Å². The number of para-hydroxylation sites is 1. The molecule has 162 valence electrons. The zero-order valence-electron chi connectivity index (χ0n) is 17.4. The minimum Gasteiger partial charge on any atom is -0.324 e. The molecule has 3 aromatic carbocycles. The van der Waals surface area contributed by atoms with Crippen LogP contribution in [-0.4, -0.2) is 20.4 Å². The first kappa shape index (κ1) is 23.0. The maximum atomic E-state index is 13.2. The number of carbonyl (C=O) groups is 1. The molecule has 1 amide bonds. The molecule has 0 aliphatic rings. The summed E-state index contributed by atoms with van der Waals surface area (Å²) in [5.41, 5.74) is 3.49. The van der Waals surface area contributed by atoms with Gasteiger partial charge in [-0.2, -0.15) is 4.72 Å². The van der Waals surface area contributed by atoms with Crippen molar-refractivity contribution in [3.63, 3.8) is 0 Å². The molecule has 3 aromatic rings. The second-order valence-electron chi connectivity index (χ2n) is 7.27. The summed E-state index contributed by atoms with van der Waals surface area (Å²) in [5.74, 6) is -0.412. The van der Waals surface area contributed by atoms with Gasteiger partial charge in [-0.15, -0.1) is 0 Å². The molecule has 0 saturated carbocycles. The van der Waals surface area contributed by atoms with Crippen LogP contribution < -0.4 is 10.0 Å². The van der Waals surface area contributed by atoms with Crippen molar-refractivity contribution >= 4 is 33.2 Å². The number of benzene rings is 3. The average Bonchev–Trinajstić information content (AvgIpc) is 2.75. The van der Waals surface area contributed by atoms with Gasteiger partial charge in [0.2, 0.25) is 15.9 Å². The van der Waals surface area contributed by atoms with Crippen LogP contribution in [0.15, 0.2) is 77.7 Å². The zero-order chi connectivity index (χ0) is 22.4. The van der Waals surface area contributed by atoms with Crippen molar-refractivity contribution in [2.24, 2.45) is 0 Å². The molecule has 0 heterocycles. The third kappa shape index (κ3) is 5.94. The summed E-state index contributed by atoms with van der Waals surface area (Å²) in [6.45, 7) is 3.92. The Kier molecular flexibility index (Phi) is 7.49. The van der Waals surface area contributed by atoms with E-state index in [-0.39, 0.29) is 11.3 Å². The van der Waals surface area contributed by atoms with E-state index in [1.165, 1.54) is 24.3 Å². The molecule has 0 saturated heterocycles. The normalized spacial score (nSPS) is 12.4. The molecular weight excluding hydrogens is 432 g/mol. The van der Waals surface area contributed by atoms with Crippen LogP contribution in [-0.2, 0) is 27.7 Å². The number of hydrogen-bond acceptors (Lipinski definition) is 3. The van der Waals surface area contributed by atoms with Gasteiger partial charge in [0.15, 0.2) is 0 Å². The topological polar surface area (TPSA) is 75.3 Å². The Bertz CT molecular complexity index is 1150. The number of nitrogens with one attached hydrogen (secondary N) is 2. The van der Waals surface area contributed by atoms with E-state index in [4.69, 9.17) is 11.6 Å². The predicted molar refractivity (Wildman–Crippen MR) is 125 cm³/mol. The van der Waals surface area contributed by atoms with E-state index in [1.54, 1.807) is 0 Å². The maximum absolute atomic E-state index is 13.2. The highest BCUT2D eigenvalue weighted by molar-refractivity contribution is 7.89. The van der Waals surface area contributed by atoms with Crippen LogP contribution in [0.25, 0.3) is 0 Å². The summed E-state index contributed by atoms with van der Waals surface area (Å²) in [6.07, 6.45) is 0.962. The summed E-state index contributed by atoms with van der Waals surface area (Å²) in [7, 11) is -3.93. The van der Waals surface area contributed by atoms with E-state index in [9.17, 15) is 13.2 Å². The lowest BCUT2D eigenvalue weighted by atomic mass is 10.0. The van der Waals surface area contributed by atoms with Crippen LogP contribution in [0.2, 0.25) is 5.02 Å². The fourth-order valence-corrected chi connectivity index (χ4v) is 4.64. The largest absolute Gasteiger partial charge is 0.324 e. The van der Waals surface area contributed by atoms with Crippen molar-refractivity contribution in [1.29, 1.82) is 0 Å². The zero-order valence-corrected chi connectivity index (χ0v) is 19.0. The highest BCUT2D eigenvalue weighted by Crippen LogP contribution is 2.22. The molecule has 0 aromatic heterocycles. The molecule has 5 nitrogen and oxygen atoms in total. The Morgan fingerprint density at radius 1 is 0.968 bits per heavy atom. The van der Waals surface area contributed by atoms with Crippen molar-refractivity contribution in [3.8, 4) is 0 Å². The van der Waals surface area contributed by atoms with Gasteiger partial charge in [0.05, 0.1) is 4.90 Å². The molecular formula is C24H25ClN2O3S. The van der Waals surface area contributed by atoms with Crippen molar-refractivity contribution in [1.82, 2.24) is 4.72 Å². The Morgan fingerprint density at radius 2 is 1.65 bits per heavy atom. The number of hydrogen-bond donors (Lipinski definition) is 2. The first-order valence-electron chi connectivity index (χ1n) is 10.0. The van der Waals surface area contributed by atoms with Crippen molar-refractivity contribution < 1.29 is 13.2 Å². The maximum Gasteiger partial charge on any atom is 0.242 e. The number of sulfonamides is 1. The van der Waals surface area contributed by atoms with Crippen LogP contribution in [0.4, 0.5) is 5.69 Å². The monoisotopic (exact) mass is 456 g/mol. The fraction of sp³-hybridized carbons (Fsp3) is 0.208. The van der Waals surface area contributed by atoms with Crippen molar-refractivity contribution in [2.45, 2.75) is 37.6 Å². The molecule has 0 fully saturated rings. The summed E-state index contributed by atoms with van der Waals surface area (Å²) in [5, 5.41) is 3.38. The first-order valence-corrected chi connectivity index (χ1v) is 11.9. The smallest absolute Gasteiger partial charge is 0.242 e. The molecule has 3 rings (SSSR count). The lowest BCUT2D eigenvalue weighted by molar-refractivity contribution is -0.117. The van der Waals surface area contributed by atoms with Gasteiger partial charge in [-0.1, -0.05) is 67.1 Å². The van der Waals surface area contributed by atoms with E-state index >= 15 is 0 Å². The van der Waals surface area contributed by atoms with Crippen LogP contribution in [0.3, 0.4) is 0 Å². The molecule has 0 spiro atoms. The van der Waals surface area contributed by atoms with Crippen LogP contribution in [0.1, 0.15) is 23.6 Å². The average molecular weight is 457 g/mol. The number of halogens is 1. The van der Waals surface area contributed by atoms with Crippen molar-refractivity contribution in [2.75, 3.05) is 5.32 Å². The summed E-state index contributed by atoms with van der Waals surface area (Å²) in [4.78, 5) is 13.3. The minimum absolute atomic E-state index is 0.0490. The predicted octanol–water partition coefficient (Wildman–Crippen LogP) is 4.74. The van der Waals surface area contributed by atoms with Gasteiger partial charge in [0.25, 0.3) is 0 Å². The minimum atomic E-state index is -3.93. The first-order chi connectivity index (χ1) is 14.8. The summed E-state index contributed by atoms with van der Waals surface area (Å²) in [6, 6.07) is 20.0. The van der Waals surface area contributed by atoms with Gasteiger partial charge in [0.1, 0.15) is 6.04 Å². The number of amides is 1. The molecule has 0 aliphatic carbocycles. The van der Waals surface area contributed by atoms with E-state index in [0.717, 1.165) is 28.8 Å². The lowest BCUT2D eigenvalue weighted by Crippen LogP contribution is -2.45. The highest BCUT2D eigenvalue weighted by Gasteiger charge is 2.27. The molecule has 7 heteroatoms. The third-order valence-corrected chi connectivity index (χ3v) is 6.75. The second kappa shape index (κ2) is 10.1. The fourth-order valence-electron chi connectivity index (χ4n) is 3.32. The molecule has 2 N–H and O–H groups in total. The Hall–Kier alpha value is -2.67. The summed E-state index contributed by atoms with van der Waals surface area (Å²) >= 11 is 5.88. The van der Waals surface area contributed by atoms with Crippen LogP contribution >= 0.6 is 11.6 Å². The number of carbonyl (C=O) groups excluding carboxylic acids is 1. The molecule has 1 unspecified atom stereocenters. The van der Waals surface area contributed by atoms with Gasteiger partial charge < -0.3 is 5.32 Å². The standard InChI is InChI=1S/C24H25ClN2O3S/c1-3-19-11-7-8-17(2)23(19)26-24(28)22(16-18-9-5-4-6-10-18)27-31(29,30)21-14-12-20(25)13-15-21/h4-15,22,27H,3,16H2,1-2H3,(H,26,28). The van der Waals surface area contributed by atoms with Gasteiger partial charge >= 0.3 is 0 Å². The number of aryl methyl sites for hydroxylation is 2. The molecule has 1 atom stereocenters. The van der Waals surface area contributed by atoms with E-state index < -0.39 is 22.0 Å². The van der Waals surface area contributed by atoms with E-state index in [1.807, 2.05) is 62.4 Å². The van der Waals surface area contributed by atoms with E-state index in [2.05, 4.69) is 10.0 Å². The Morgan fingerprint density at radius 3 is 2.29 bits per heavy atom. The van der Waals surface area contributed by atoms with Gasteiger partial charge in [-0.25, -0.2) is 8.42 Å². The Balaban J connectivity index is 1.91. The van der Waals surface area contributed by atoms with E-state index in [0.29, 0.717) is 5.02 Å². The molecule has 0 bridgehead atoms. The number of anilines is 1. The third-order valence-electron chi connectivity index (χ3n) is 5.01. The number of rotatable bonds is 8. The van der Waals surface area contributed by atoms with Gasteiger partial charge in [0, 0.05) is 10.7 Å². The quantitative estimate of drug-likeness (QED) is 0.514. The lowest BCUT2D eigenvalue weighted by Gasteiger charge is -2.21. The highest BCUT2D eigenvalue weighted by atomic mass is 35.5.